The minimum Gasteiger partial charge on any atom is -0.464 e. The van der Waals surface area contributed by atoms with Crippen molar-refractivity contribution < 1.29 is 4.42 Å². The van der Waals surface area contributed by atoms with Gasteiger partial charge in [-0.15, -0.1) is 0 Å². The molecule has 0 aliphatic carbocycles. The Kier molecular flexibility index (Phi) is 3.97. The van der Waals surface area contributed by atoms with Gasteiger partial charge in [0.1, 0.15) is 11.5 Å². The molecule has 1 heterocycles. The highest BCUT2D eigenvalue weighted by atomic mass is 16.3. The fourth-order valence-electron chi connectivity index (χ4n) is 1.53. The standard InChI is InChI=1S/C13H23NO/c1-6-14(7-2)10-11-8-9-12(15-11)13(3,4)5/h8-9H,6-7,10H2,1-5H3. The highest BCUT2D eigenvalue weighted by molar-refractivity contribution is 5.14. The Morgan fingerprint density at radius 1 is 1.13 bits per heavy atom. The number of rotatable bonds is 4. The smallest absolute Gasteiger partial charge is 0.118 e. The van der Waals surface area contributed by atoms with Crippen molar-refractivity contribution in [2.24, 2.45) is 0 Å². The fourth-order valence-corrected chi connectivity index (χ4v) is 1.53. The lowest BCUT2D eigenvalue weighted by Gasteiger charge is -2.17. The van der Waals surface area contributed by atoms with Crippen molar-refractivity contribution in [3.63, 3.8) is 0 Å². The van der Waals surface area contributed by atoms with E-state index in [1.807, 2.05) is 0 Å². The molecule has 0 radical (unpaired) electrons. The number of hydrogen-bond acceptors (Lipinski definition) is 2. The third-order valence-corrected chi connectivity index (χ3v) is 2.67. The van der Waals surface area contributed by atoms with Crippen molar-refractivity contribution in [3.05, 3.63) is 23.7 Å². The van der Waals surface area contributed by atoms with Crippen LogP contribution < -0.4 is 0 Å². The zero-order valence-electron chi connectivity index (χ0n) is 10.6. The van der Waals surface area contributed by atoms with Crippen LogP contribution in [0.25, 0.3) is 0 Å². The molecule has 15 heavy (non-hydrogen) atoms. The summed E-state index contributed by atoms with van der Waals surface area (Å²) in [6.45, 7) is 13.9. The van der Waals surface area contributed by atoms with Crippen LogP contribution in [-0.4, -0.2) is 18.0 Å². The van der Waals surface area contributed by atoms with Gasteiger partial charge in [0.15, 0.2) is 0 Å². The maximum Gasteiger partial charge on any atom is 0.118 e. The monoisotopic (exact) mass is 209 g/mol. The Morgan fingerprint density at radius 2 is 1.73 bits per heavy atom. The molecule has 1 aromatic rings. The summed E-state index contributed by atoms with van der Waals surface area (Å²) in [7, 11) is 0. The van der Waals surface area contributed by atoms with Crippen LogP contribution in [0.4, 0.5) is 0 Å². The Bertz CT molecular complexity index is 292. The summed E-state index contributed by atoms with van der Waals surface area (Å²) >= 11 is 0. The Hall–Kier alpha value is -0.760. The first-order chi connectivity index (χ1) is 6.97. The lowest BCUT2D eigenvalue weighted by atomic mass is 9.94. The van der Waals surface area contributed by atoms with Gasteiger partial charge in [-0.3, -0.25) is 4.90 Å². The molecule has 86 valence electrons. The second kappa shape index (κ2) is 4.84. The third-order valence-electron chi connectivity index (χ3n) is 2.67. The minimum absolute atomic E-state index is 0.113. The molecule has 0 N–H and O–H groups in total. The Balaban J connectivity index is 2.68. The van der Waals surface area contributed by atoms with Gasteiger partial charge in [-0.25, -0.2) is 0 Å². The van der Waals surface area contributed by atoms with Crippen LogP contribution in [0.5, 0.6) is 0 Å². The predicted molar refractivity (Wildman–Crippen MR) is 64.0 cm³/mol. The van der Waals surface area contributed by atoms with E-state index in [9.17, 15) is 0 Å². The maximum absolute atomic E-state index is 5.84. The molecule has 0 unspecified atom stereocenters. The van der Waals surface area contributed by atoms with E-state index in [-0.39, 0.29) is 5.41 Å². The summed E-state index contributed by atoms with van der Waals surface area (Å²) in [4.78, 5) is 2.35. The molecule has 0 aromatic carbocycles. The van der Waals surface area contributed by atoms with Crippen LogP contribution in [-0.2, 0) is 12.0 Å². The van der Waals surface area contributed by atoms with Crippen molar-refractivity contribution >= 4 is 0 Å². The van der Waals surface area contributed by atoms with Gasteiger partial charge in [-0.2, -0.15) is 0 Å². The van der Waals surface area contributed by atoms with Crippen LogP contribution in [0.3, 0.4) is 0 Å². The number of hydrogen-bond donors (Lipinski definition) is 0. The summed E-state index contributed by atoms with van der Waals surface area (Å²) < 4.78 is 5.84. The molecule has 0 amide bonds. The predicted octanol–water partition coefficient (Wildman–Crippen LogP) is 3.42. The molecular formula is C13H23NO. The van der Waals surface area contributed by atoms with Gasteiger partial charge in [0.2, 0.25) is 0 Å². The van der Waals surface area contributed by atoms with E-state index in [4.69, 9.17) is 4.42 Å². The van der Waals surface area contributed by atoms with Crippen LogP contribution >= 0.6 is 0 Å². The van der Waals surface area contributed by atoms with Gasteiger partial charge in [-0.05, 0) is 25.2 Å². The number of nitrogens with zero attached hydrogens (tertiary/aromatic N) is 1. The molecule has 2 nitrogen and oxygen atoms in total. The lowest BCUT2D eigenvalue weighted by molar-refractivity contribution is 0.259. The van der Waals surface area contributed by atoms with E-state index in [1.54, 1.807) is 0 Å². The van der Waals surface area contributed by atoms with Crippen LogP contribution in [0.1, 0.15) is 46.1 Å². The zero-order chi connectivity index (χ0) is 11.5. The molecule has 0 aliphatic heterocycles. The lowest BCUT2D eigenvalue weighted by Crippen LogP contribution is -2.21. The summed E-state index contributed by atoms with van der Waals surface area (Å²) in [5.74, 6) is 2.15. The van der Waals surface area contributed by atoms with Gasteiger partial charge in [0, 0.05) is 5.41 Å². The third kappa shape index (κ3) is 3.38. The first kappa shape index (κ1) is 12.3. The fraction of sp³-hybridized carbons (Fsp3) is 0.692. The van der Waals surface area contributed by atoms with Gasteiger partial charge in [0.05, 0.1) is 6.54 Å². The van der Waals surface area contributed by atoms with Crippen molar-refractivity contribution in [3.8, 4) is 0 Å². The number of furan rings is 1. The van der Waals surface area contributed by atoms with Gasteiger partial charge in [-0.1, -0.05) is 34.6 Å². The summed E-state index contributed by atoms with van der Waals surface area (Å²) in [5.41, 5.74) is 0.113. The molecular weight excluding hydrogens is 186 g/mol. The average Bonchev–Trinajstić information content (AvgIpc) is 2.61. The van der Waals surface area contributed by atoms with E-state index < -0.39 is 0 Å². The minimum atomic E-state index is 0.113. The van der Waals surface area contributed by atoms with E-state index in [0.717, 1.165) is 31.2 Å². The second-order valence-corrected chi connectivity index (χ2v) is 4.98. The topological polar surface area (TPSA) is 16.4 Å². The first-order valence-corrected chi connectivity index (χ1v) is 5.79. The first-order valence-electron chi connectivity index (χ1n) is 5.79. The van der Waals surface area contributed by atoms with Crippen molar-refractivity contribution in [1.82, 2.24) is 4.90 Å². The van der Waals surface area contributed by atoms with Crippen molar-refractivity contribution in [2.75, 3.05) is 13.1 Å². The van der Waals surface area contributed by atoms with E-state index in [2.05, 4.69) is 51.7 Å². The highest BCUT2D eigenvalue weighted by Crippen LogP contribution is 2.24. The Morgan fingerprint density at radius 3 is 2.13 bits per heavy atom. The molecule has 1 rings (SSSR count). The molecule has 0 atom stereocenters. The summed E-state index contributed by atoms with van der Waals surface area (Å²) in [6, 6.07) is 4.19. The van der Waals surface area contributed by atoms with E-state index in [0.29, 0.717) is 0 Å². The molecule has 0 saturated carbocycles. The molecule has 0 spiro atoms. The van der Waals surface area contributed by atoms with Crippen LogP contribution in [0, 0.1) is 0 Å². The van der Waals surface area contributed by atoms with Gasteiger partial charge < -0.3 is 4.42 Å². The second-order valence-electron chi connectivity index (χ2n) is 4.98. The van der Waals surface area contributed by atoms with Crippen LogP contribution in [0.2, 0.25) is 0 Å². The maximum atomic E-state index is 5.84. The van der Waals surface area contributed by atoms with Crippen molar-refractivity contribution in [1.29, 1.82) is 0 Å². The molecule has 0 bridgehead atoms. The van der Waals surface area contributed by atoms with Crippen LogP contribution in [0.15, 0.2) is 16.5 Å². The van der Waals surface area contributed by atoms with E-state index in [1.165, 1.54) is 0 Å². The van der Waals surface area contributed by atoms with Gasteiger partial charge in [0.25, 0.3) is 0 Å². The quantitative estimate of drug-likeness (QED) is 0.755. The normalized spacial score (nSPS) is 12.4. The summed E-state index contributed by atoms with van der Waals surface area (Å²) in [6.07, 6.45) is 0. The SMILES string of the molecule is CCN(CC)Cc1ccc(C(C)(C)C)o1. The van der Waals surface area contributed by atoms with E-state index >= 15 is 0 Å². The van der Waals surface area contributed by atoms with Gasteiger partial charge >= 0.3 is 0 Å². The molecule has 0 aliphatic rings. The molecule has 0 fully saturated rings. The molecule has 1 aromatic heterocycles. The largest absolute Gasteiger partial charge is 0.464 e. The Labute approximate surface area is 93.3 Å². The summed E-state index contributed by atoms with van der Waals surface area (Å²) in [5, 5.41) is 0. The molecule has 2 heteroatoms. The van der Waals surface area contributed by atoms with Crippen molar-refractivity contribution in [2.45, 2.75) is 46.6 Å². The highest BCUT2D eigenvalue weighted by Gasteiger charge is 2.18. The average molecular weight is 209 g/mol. The molecule has 0 saturated heterocycles. The zero-order valence-corrected chi connectivity index (χ0v) is 10.6.